The van der Waals surface area contributed by atoms with Crippen LogP contribution < -0.4 is 16.2 Å². The summed E-state index contributed by atoms with van der Waals surface area (Å²) in [7, 11) is 0. The van der Waals surface area contributed by atoms with Gasteiger partial charge in [0.2, 0.25) is 0 Å². The summed E-state index contributed by atoms with van der Waals surface area (Å²) in [5.41, 5.74) is 5.35. The number of benzene rings is 2. The molecule has 0 atom stereocenters. The summed E-state index contributed by atoms with van der Waals surface area (Å²) >= 11 is 10.6. The lowest BCUT2D eigenvalue weighted by Gasteiger charge is -2.12. The molecule has 2 aromatic carbocycles. The molecule has 8 heteroatoms. The molecule has 0 fully saturated rings. The van der Waals surface area contributed by atoms with E-state index >= 15 is 0 Å². The third-order valence-electron chi connectivity index (χ3n) is 2.62. The van der Waals surface area contributed by atoms with E-state index in [0.29, 0.717) is 5.69 Å². The van der Waals surface area contributed by atoms with E-state index in [1.54, 1.807) is 12.1 Å². The normalized spacial score (nSPS) is 9.91. The topological polar surface area (TPSA) is 73.4 Å². The SMILES string of the molecule is O=C(NNC(=S)Nc1ccc(F)c(Cl)c1)c1ccccc1O. The number of phenols is 1. The molecular formula is C14H11ClFN3O2S. The smallest absolute Gasteiger partial charge is 0.273 e. The minimum Gasteiger partial charge on any atom is -0.507 e. The first-order chi connectivity index (χ1) is 10.5. The van der Waals surface area contributed by atoms with Crippen molar-refractivity contribution in [3.05, 3.63) is 58.9 Å². The molecule has 5 nitrogen and oxygen atoms in total. The third kappa shape index (κ3) is 4.06. The number of carbonyl (C=O) groups is 1. The van der Waals surface area contributed by atoms with Crippen molar-refractivity contribution in [3.63, 3.8) is 0 Å². The third-order valence-corrected chi connectivity index (χ3v) is 3.11. The molecule has 114 valence electrons. The Labute approximate surface area is 136 Å². The summed E-state index contributed by atoms with van der Waals surface area (Å²) in [5.74, 6) is -1.25. The van der Waals surface area contributed by atoms with E-state index in [0.717, 1.165) is 0 Å². The molecule has 1 amide bonds. The van der Waals surface area contributed by atoms with Gasteiger partial charge in [0.1, 0.15) is 11.6 Å². The van der Waals surface area contributed by atoms with Crippen molar-refractivity contribution in [1.29, 1.82) is 0 Å². The number of aromatic hydroxyl groups is 1. The fraction of sp³-hybridized carbons (Fsp3) is 0. The predicted molar refractivity (Wildman–Crippen MR) is 86.3 cm³/mol. The Morgan fingerprint density at radius 2 is 1.91 bits per heavy atom. The molecule has 0 saturated heterocycles. The van der Waals surface area contributed by atoms with E-state index in [9.17, 15) is 14.3 Å². The van der Waals surface area contributed by atoms with Gasteiger partial charge in [-0.15, -0.1) is 0 Å². The van der Waals surface area contributed by atoms with Gasteiger partial charge in [-0.1, -0.05) is 23.7 Å². The number of hydrogen-bond donors (Lipinski definition) is 4. The highest BCUT2D eigenvalue weighted by Gasteiger charge is 2.10. The standard InChI is InChI=1S/C14H11ClFN3O2S/c15-10-7-8(5-6-11(10)16)17-14(22)19-18-13(21)9-3-1-2-4-12(9)20/h1-7,20H,(H,18,21)(H2,17,19,22). The van der Waals surface area contributed by atoms with Gasteiger partial charge in [0.25, 0.3) is 5.91 Å². The molecule has 0 aromatic heterocycles. The minimum atomic E-state index is -0.556. The number of rotatable bonds is 2. The van der Waals surface area contributed by atoms with Crippen LogP contribution in [0.1, 0.15) is 10.4 Å². The Morgan fingerprint density at radius 3 is 2.59 bits per heavy atom. The molecule has 0 heterocycles. The quantitative estimate of drug-likeness (QED) is 0.500. The summed E-state index contributed by atoms with van der Waals surface area (Å²) < 4.78 is 13.0. The Bertz CT molecular complexity index is 727. The molecule has 22 heavy (non-hydrogen) atoms. The molecule has 0 aliphatic carbocycles. The van der Waals surface area contributed by atoms with Crippen molar-refractivity contribution < 1.29 is 14.3 Å². The van der Waals surface area contributed by atoms with Crippen molar-refractivity contribution >= 4 is 40.5 Å². The number of nitrogens with one attached hydrogen (secondary N) is 3. The summed E-state index contributed by atoms with van der Waals surface area (Å²) in [6, 6.07) is 10.1. The monoisotopic (exact) mass is 339 g/mol. The summed E-state index contributed by atoms with van der Waals surface area (Å²) in [4.78, 5) is 11.8. The van der Waals surface area contributed by atoms with Gasteiger partial charge in [-0.2, -0.15) is 0 Å². The van der Waals surface area contributed by atoms with Crippen molar-refractivity contribution in [2.45, 2.75) is 0 Å². The Kier molecular flexibility index (Phi) is 5.13. The minimum absolute atomic E-state index is 0.0500. The molecule has 0 spiro atoms. The number of amides is 1. The zero-order chi connectivity index (χ0) is 16.1. The highest BCUT2D eigenvalue weighted by molar-refractivity contribution is 7.80. The Balaban J connectivity index is 1.91. The zero-order valence-electron chi connectivity index (χ0n) is 11.1. The summed E-state index contributed by atoms with van der Waals surface area (Å²) in [6.45, 7) is 0. The molecule has 0 aliphatic heterocycles. The highest BCUT2D eigenvalue weighted by Crippen LogP contribution is 2.19. The van der Waals surface area contributed by atoms with Crippen LogP contribution in [0.2, 0.25) is 5.02 Å². The van der Waals surface area contributed by atoms with Gasteiger partial charge in [0, 0.05) is 5.69 Å². The maximum atomic E-state index is 13.0. The van der Waals surface area contributed by atoms with Crippen LogP contribution in [0.3, 0.4) is 0 Å². The molecule has 2 aromatic rings. The van der Waals surface area contributed by atoms with Crippen LogP contribution >= 0.6 is 23.8 Å². The molecule has 0 bridgehead atoms. The van der Waals surface area contributed by atoms with E-state index in [1.165, 1.54) is 30.3 Å². The van der Waals surface area contributed by atoms with Gasteiger partial charge >= 0.3 is 0 Å². The highest BCUT2D eigenvalue weighted by atomic mass is 35.5. The second kappa shape index (κ2) is 7.06. The fourth-order valence-electron chi connectivity index (χ4n) is 1.58. The van der Waals surface area contributed by atoms with E-state index in [1.807, 2.05) is 0 Å². The first-order valence-electron chi connectivity index (χ1n) is 6.08. The van der Waals surface area contributed by atoms with E-state index < -0.39 is 11.7 Å². The molecular weight excluding hydrogens is 329 g/mol. The molecule has 0 saturated carbocycles. The van der Waals surface area contributed by atoms with Crippen molar-refractivity contribution in [2.24, 2.45) is 0 Å². The van der Waals surface area contributed by atoms with Crippen LogP contribution in [0.5, 0.6) is 5.75 Å². The lowest BCUT2D eigenvalue weighted by atomic mass is 10.2. The molecule has 0 unspecified atom stereocenters. The summed E-state index contributed by atoms with van der Waals surface area (Å²) in [6.07, 6.45) is 0. The fourth-order valence-corrected chi connectivity index (χ4v) is 1.93. The molecule has 2 rings (SSSR count). The van der Waals surface area contributed by atoms with E-state index in [-0.39, 0.29) is 21.4 Å². The number of carbonyl (C=O) groups excluding carboxylic acids is 1. The van der Waals surface area contributed by atoms with Crippen LogP contribution in [0, 0.1) is 5.82 Å². The second-order valence-corrected chi connectivity index (χ2v) is 4.99. The van der Waals surface area contributed by atoms with Crippen LogP contribution in [-0.2, 0) is 0 Å². The number of hydrogen-bond acceptors (Lipinski definition) is 3. The van der Waals surface area contributed by atoms with Crippen LogP contribution in [0.25, 0.3) is 0 Å². The zero-order valence-corrected chi connectivity index (χ0v) is 12.6. The average molecular weight is 340 g/mol. The Hall–Kier alpha value is -2.38. The average Bonchev–Trinajstić information content (AvgIpc) is 2.49. The maximum Gasteiger partial charge on any atom is 0.273 e. The van der Waals surface area contributed by atoms with Crippen LogP contribution in [-0.4, -0.2) is 16.1 Å². The van der Waals surface area contributed by atoms with E-state index in [4.69, 9.17) is 23.8 Å². The van der Waals surface area contributed by atoms with Gasteiger partial charge < -0.3 is 10.4 Å². The second-order valence-electron chi connectivity index (χ2n) is 4.18. The predicted octanol–water partition coefficient (Wildman–Crippen LogP) is 2.82. The first-order valence-corrected chi connectivity index (χ1v) is 6.86. The largest absolute Gasteiger partial charge is 0.507 e. The maximum absolute atomic E-state index is 13.0. The van der Waals surface area contributed by atoms with Gasteiger partial charge in [-0.25, -0.2) is 4.39 Å². The summed E-state index contributed by atoms with van der Waals surface area (Å²) in [5, 5.41) is 12.3. The van der Waals surface area contributed by atoms with Gasteiger partial charge in [0.15, 0.2) is 5.11 Å². The molecule has 0 radical (unpaired) electrons. The number of phenolic OH excluding ortho intramolecular Hbond substituents is 1. The Morgan fingerprint density at radius 1 is 1.18 bits per heavy atom. The number of thiocarbonyl (C=S) groups is 1. The first kappa shape index (κ1) is 16.0. The number of para-hydroxylation sites is 1. The van der Waals surface area contributed by atoms with Gasteiger partial charge in [0.05, 0.1) is 10.6 Å². The van der Waals surface area contributed by atoms with Crippen molar-refractivity contribution in [1.82, 2.24) is 10.9 Å². The van der Waals surface area contributed by atoms with Crippen molar-refractivity contribution in [2.75, 3.05) is 5.32 Å². The van der Waals surface area contributed by atoms with Gasteiger partial charge in [-0.05, 0) is 42.5 Å². The van der Waals surface area contributed by atoms with Crippen LogP contribution in [0.15, 0.2) is 42.5 Å². The van der Waals surface area contributed by atoms with Crippen molar-refractivity contribution in [3.8, 4) is 5.75 Å². The lowest BCUT2D eigenvalue weighted by Crippen LogP contribution is -2.43. The van der Waals surface area contributed by atoms with Crippen LogP contribution in [0.4, 0.5) is 10.1 Å². The number of halogens is 2. The lowest BCUT2D eigenvalue weighted by molar-refractivity contribution is 0.0941. The molecule has 0 aliphatic rings. The molecule has 4 N–H and O–H groups in total. The number of hydrazine groups is 1. The van der Waals surface area contributed by atoms with E-state index in [2.05, 4.69) is 16.2 Å². The van der Waals surface area contributed by atoms with Gasteiger partial charge in [-0.3, -0.25) is 15.6 Å². The number of anilines is 1.